The van der Waals surface area contributed by atoms with Gasteiger partial charge in [0.2, 0.25) is 0 Å². The fourth-order valence-corrected chi connectivity index (χ4v) is 1.25. The van der Waals surface area contributed by atoms with Crippen molar-refractivity contribution >= 4 is 14.9 Å². The molecule has 0 amide bonds. The summed E-state index contributed by atoms with van der Waals surface area (Å²) in [6, 6.07) is 5.98. The third-order valence-corrected chi connectivity index (χ3v) is 2.18. The number of benzene rings is 1. The standard InChI is InChI=1S/C10H16N2P.Na/c1-7-3-4-10(11)5-9(7)6-12-8(2)13;/h3-5,8,12-13H,6,11H2,1-2H3;/q-1;+1. The van der Waals surface area contributed by atoms with E-state index in [0.29, 0.717) is 5.78 Å². The fourth-order valence-electron chi connectivity index (χ4n) is 1.14. The Morgan fingerprint density at radius 1 is 1.50 bits per heavy atom. The van der Waals surface area contributed by atoms with Crippen molar-refractivity contribution in [1.29, 1.82) is 0 Å². The van der Waals surface area contributed by atoms with Crippen LogP contribution >= 0.6 is 9.24 Å². The molecule has 0 fully saturated rings. The van der Waals surface area contributed by atoms with E-state index in [2.05, 4.69) is 28.4 Å². The predicted molar refractivity (Wildman–Crippen MR) is 60.2 cm³/mol. The summed E-state index contributed by atoms with van der Waals surface area (Å²) in [5.41, 5.74) is 9.04. The van der Waals surface area contributed by atoms with E-state index in [4.69, 9.17) is 5.73 Å². The Labute approximate surface area is 111 Å². The van der Waals surface area contributed by atoms with Crippen molar-refractivity contribution in [1.82, 2.24) is 5.32 Å². The first kappa shape index (κ1) is 14.4. The van der Waals surface area contributed by atoms with Crippen LogP contribution in [0.3, 0.4) is 0 Å². The van der Waals surface area contributed by atoms with Crippen LogP contribution in [0, 0.1) is 6.92 Å². The van der Waals surface area contributed by atoms with Gasteiger partial charge in [-0.3, -0.25) is 0 Å². The van der Waals surface area contributed by atoms with Crippen LogP contribution in [-0.4, -0.2) is 5.78 Å². The summed E-state index contributed by atoms with van der Waals surface area (Å²) in [7, 11) is 3.48. The van der Waals surface area contributed by atoms with Crippen LogP contribution in [0.15, 0.2) is 18.2 Å². The average molecular weight is 218 g/mol. The van der Waals surface area contributed by atoms with Crippen molar-refractivity contribution in [3.8, 4) is 0 Å². The van der Waals surface area contributed by atoms with E-state index in [1.54, 1.807) is 0 Å². The van der Waals surface area contributed by atoms with E-state index in [9.17, 15) is 0 Å². The number of hydrogen-bond donors (Lipinski definition) is 2. The number of rotatable bonds is 3. The van der Waals surface area contributed by atoms with Crippen LogP contribution in [0.5, 0.6) is 0 Å². The zero-order valence-corrected chi connectivity index (χ0v) is 12.1. The maximum absolute atomic E-state index is 5.69. The van der Waals surface area contributed by atoms with Gasteiger partial charge in [0.05, 0.1) is 0 Å². The summed E-state index contributed by atoms with van der Waals surface area (Å²) < 4.78 is 0. The minimum Gasteiger partial charge on any atom is -0.540 e. The van der Waals surface area contributed by atoms with Gasteiger partial charge in [-0.1, -0.05) is 13.0 Å². The van der Waals surface area contributed by atoms with Crippen molar-refractivity contribution in [2.75, 3.05) is 5.73 Å². The largest absolute Gasteiger partial charge is 1.00 e. The fraction of sp³-hybridized carbons (Fsp3) is 0.400. The van der Waals surface area contributed by atoms with E-state index in [0.717, 1.165) is 12.2 Å². The molecule has 1 rings (SSSR count). The van der Waals surface area contributed by atoms with E-state index < -0.39 is 0 Å². The molecule has 1 atom stereocenters. The molecule has 0 radical (unpaired) electrons. The number of nitrogens with one attached hydrogen (secondary N) is 1. The van der Waals surface area contributed by atoms with Crippen LogP contribution in [0.4, 0.5) is 5.69 Å². The van der Waals surface area contributed by atoms with Gasteiger partial charge in [-0.15, -0.1) is 5.78 Å². The van der Waals surface area contributed by atoms with Gasteiger partial charge in [-0.25, -0.2) is 0 Å². The first-order valence-corrected chi connectivity index (χ1v) is 4.97. The average Bonchev–Trinajstić information content (AvgIpc) is 2.06. The van der Waals surface area contributed by atoms with Gasteiger partial charge >= 0.3 is 29.6 Å². The molecule has 1 aromatic rings. The molecule has 0 saturated heterocycles. The van der Waals surface area contributed by atoms with Gasteiger partial charge in [0.1, 0.15) is 0 Å². The van der Waals surface area contributed by atoms with Crippen molar-refractivity contribution in [2.24, 2.45) is 0 Å². The molecule has 4 heteroatoms. The minimum absolute atomic E-state index is 0. The van der Waals surface area contributed by atoms with Gasteiger partial charge in [-0.2, -0.15) is 0 Å². The molecule has 0 bridgehead atoms. The molecular weight excluding hydrogens is 202 g/mol. The zero-order chi connectivity index (χ0) is 9.84. The van der Waals surface area contributed by atoms with E-state index in [1.807, 2.05) is 18.2 Å². The maximum Gasteiger partial charge on any atom is 1.00 e. The SMILES string of the molecule is Cc1ccc(N)cc1CNC(C)[PH-].[Na+]. The van der Waals surface area contributed by atoms with Crippen LogP contribution < -0.4 is 40.6 Å². The topological polar surface area (TPSA) is 38.0 Å². The molecule has 0 aromatic heterocycles. The summed E-state index contributed by atoms with van der Waals surface area (Å²) in [4.78, 5) is 0. The normalized spacial score (nSPS) is 11.9. The third-order valence-electron chi connectivity index (χ3n) is 1.97. The molecule has 1 aromatic carbocycles. The quantitative estimate of drug-likeness (QED) is 0.394. The molecule has 72 valence electrons. The Kier molecular flexibility index (Phi) is 7.01. The number of nitrogen functional groups attached to an aromatic ring is 1. The molecule has 0 spiro atoms. The molecule has 0 aliphatic heterocycles. The van der Waals surface area contributed by atoms with Gasteiger partial charge in [0, 0.05) is 12.2 Å². The first-order valence-electron chi connectivity index (χ1n) is 4.39. The van der Waals surface area contributed by atoms with E-state index in [-0.39, 0.29) is 29.6 Å². The number of aryl methyl sites for hydroxylation is 1. The van der Waals surface area contributed by atoms with Crippen LogP contribution in [0.1, 0.15) is 18.1 Å². The van der Waals surface area contributed by atoms with Crippen LogP contribution in [0.2, 0.25) is 0 Å². The van der Waals surface area contributed by atoms with Crippen LogP contribution in [-0.2, 0) is 6.54 Å². The van der Waals surface area contributed by atoms with E-state index in [1.165, 1.54) is 11.1 Å². The second-order valence-electron chi connectivity index (χ2n) is 3.29. The number of hydrogen-bond acceptors (Lipinski definition) is 2. The Hall–Kier alpha value is 0.410. The second-order valence-corrected chi connectivity index (χ2v) is 4.15. The Morgan fingerprint density at radius 3 is 2.71 bits per heavy atom. The van der Waals surface area contributed by atoms with E-state index >= 15 is 0 Å². The van der Waals surface area contributed by atoms with Gasteiger partial charge in [0.15, 0.2) is 0 Å². The maximum atomic E-state index is 5.69. The summed E-state index contributed by atoms with van der Waals surface area (Å²) in [5.74, 6) is 0.320. The van der Waals surface area contributed by atoms with Crippen molar-refractivity contribution in [3.63, 3.8) is 0 Å². The van der Waals surface area contributed by atoms with Crippen molar-refractivity contribution in [3.05, 3.63) is 29.3 Å². The number of anilines is 1. The predicted octanol–water partition coefficient (Wildman–Crippen LogP) is -0.840. The number of nitrogens with two attached hydrogens (primary N) is 1. The first-order chi connectivity index (χ1) is 6.09. The molecule has 0 saturated carbocycles. The van der Waals surface area contributed by atoms with Crippen molar-refractivity contribution < 1.29 is 29.6 Å². The second kappa shape index (κ2) is 6.81. The van der Waals surface area contributed by atoms with Crippen molar-refractivity contribution in [2.45, 2.75) is 26.2 Å². The molecule has 3 N–H and O–H groups in total. The molecule has 0 heterocycles. The Balaban J connectivity index is 0.00000169. The molecule has 0 aliphatic rings. The Morgan fingerprint density at radius 2 is 2.14 bits per heavy atom. The molecule has 14 heavy (non-hydrogen) atoms. The smallest absolute Gasteiger partial charge is 0.540 e. The summed E-state index contributed by atoms with van der Waals surface area (Å²) >= 11 is 0. The molecule has 0 aliphatic carbocycles. The third kappa shape index (κ3) is 4.77. The summed E-state index contributed by atoms with van der Waals surface area (Å²) in [6.07, 6.45) is 0. The Bertz CT molecular complexity index is 289. The molecule has 2 nitrogen and oxygen atoms in total. The summed E-state index contributed by atoms with van der Waals surface area (Å²) in [5, 5.41) is 3.29. The van der Waals surface area contributed by atoms with Gasteiger partial charge in [0.25, 0.3) is 0 Å². The minimum atomic E-state index is 0. The summed E-state index contributed by atoms with van der Waals surface area (Å²) in [6.45, 7) is 4.99. The molecular formula is C10H16N2NaP. The zero-order valence-electron chi connectivity index (χ0n) is 9.09. The van der Waals surface area contributed by atoms with Gasteiger partial charge in [-0.05, 0) is 30.2 Å². The molecule has 1 unspecified atom stereocenters. The van der Waals surface area contributed by atoms with Crippen LogP contribution in [0.25, 0.3) is 0 Å². The monoisotopic (exact) mass is 218 g/mol. The van der Waals surface area contributed by atoms with Gasteiger partial charge < -0.3 is 20.3 Å².